The second kappa shape index (κ2) is 12.9. The molecule has 0 saturated carbocycles. The Morgan fingerprint density at radius 3 is 2.30 bits per heavy atom. The van der Waals surface area contributed by atoms with Crippen molar-refractivity contribution in [3.05, 3.63) is 48.0 Å². The number of benzene rings is 1. The van der Waals surface area contributed by atoms with Crippen molar-refractivity contribution >= 4 is 23.7 Å². The van der Waals surface area contributed by atoms with Gasteiger partial charge in [0.05, 0.1) is 12.4 Å². The van der Waals surface area contributed by atoms with Crippen LogP contribution in [0.25, 0.3) is 0 Å². The van der Waals surface area contributed by atoms with Gasteiger partial charge in [-0.2, -0.15) is 0 Å². The summed E-state index contributed by atoms with van der Waals surface area (Å²) in [6.07, 6.45) is 4.43. The molecule has 12 nitrogen and oxygen atoms in total. The molecule has 3 rings (SSSR count). The fraction of sp³-hybridized carbons (Fsp3) is 0.480. The molecular weight excluding hydrogens is 480 g/mol. The van der Waals surface area contributed by atoms with Crippen LogP contribution in [0.3, 0.4) is 0 Å². The van der Waals surface area contributed by atoms with Crippen molar-refractivity contribution in [1.29, 1.82) is 0 Å². The molecule has 1 aliphatic rings. The molecule has 1 aromatic carbocycles. The number of nitrogens with one attached hydrogen (secondary N) is 5. The predicted octanol–water partition coefficient (Wildman–Crippen LogP) is -0.152. The zero-order valence-corrected chi connectivity index (χ0v) is 20.9. The maximum Gasteiger partial charge on any atom is 0.326 e. The zero-order valence-electron chi connectivity index (χ0n) is 20.9. The summed E-state index contributed by atoms with van der Waals surface area (Å²) in [5, 5.41) is 30.3. The number of amides is 3. The van der Waals surface area contributed by atoms with E-state index in [9.17, 15) is 29.4 Å². The predicted molar refractivity (Wildman–Crippen MR) is 133 cm³/mol. The van der Waals surface area contributed by atoms with Crippen LogP contribution in [0.5, 0.6) is 5.75 Å². The summed E-state index contributed by atoms with van der Waals surface area (Å²) >= 11 is 0. The van der Waals surface area contributed by atoms with Crippen LogP contribution in [0.15, 0.2) is 36.8 Å². The third kappa shape index (κ3) is 8.04. The van der Waals surface area contributed by atoms with Crippen molar-refractivity contribution in [1.82, 2.24) is 31.2 Å². The van der Waals surface area contributed by atoms with E-state index < -0.39 is 35.9 Å². The van der Waals surface area contributed by atoms with Gasteiger partial charge in [0.1, 0.15) is 23.9 Å². The number of imidazole rings is 1. The van der Waals surface area contributed by atoms with Crippen molar-refractivity contribution < 1.29 is 29.4 Å². The largest absolute Gasteiger partial charge is 0.508 e. The molecule has 37 heavy (non-hydrogen) atoms. The Kier molecular flexibility index (Phi) is 9.61. The van der Waals surface area contributed by atoms with Gasteiger partial charge in [0.2, 0.25) is 17.7 Å². The summed E-state index contributed by atoms with van der Waals surface area (Å²) in [5.74, 6) is -3.00. The second-order valence-electron chi connectivity index (χ2n) is 9.49. The molecule has 0 aliphatic carbocycles. The van der Waals surface area contributed by atoms with Crippen LogP contribution in [-0.2, 0) is 32.0 Å². The van der Waals surface area contributed by atoms with Crippen LogP contribution in [0, 0.1) is 5.92 Å². The quantitative estimate of drug-likeness (QED) is 0.204. The Bertz CT molecular complexity index is 1070. The first-order chi connectivity index (χ1) is 17.6. The number of carboxylic acid groups (broad SMARTS) is 1. The smallest absolute Gasteiger partial charge is 0.326 e. The number of aromatic nitrogens is 2. The number of rotatable bonds is 12. The molecule has 1 fully saturated rings. The van der Waals surface area contributed by atoms with Crippen molar-refractivity contribution in [3.63, 3.8) is 0 Å². The second-order valence-corrected chi connectivity index (χ2v) is 9.49. The molecule has 1 aliphatic heterocycles. The van der Waals surface area contributed by atoms with Crippen molar-refractivity contribution in [2.75, 3.05) is 6.54 Å². The number of aliphatic carboxylic acids is 1. The Hall–Kier alpha value is -3.93. The third-order valence-corrected chi connectivity index (χ3v) is 6.23. The monoisotopic (exact) mass is 514 g/mol. The van der Waals surface area contributed by atoms with E-state index in [0.717, 1.165) is 13.0 Å². The van der Waals surface area contributed by atoms with Gasteiger partial charge in [0, 0.05) is 24.7 Å². The Morgan fingerprint density at radius 2 is 1.73 bits per heavy atom. The summed E-state index contributed by atoms with van der Waals surface area (Å²) in [7, 11) is 0. The third-order valence-electron chi connectivity index (χ3n) is 6.23. The van der Waals surface area contributed by atoms with Crippen LogP contribution in [0.2, 0.25) is 0 Å². The van der Waals surface area contributed by atoms with Crippen LogP contribution < -0.4 is 21.3 Å². The fourth-order valence-electron chi connectivity index (χ4n) is 4.12. The number of aromatic amines is 1. The lowest BCUT2D eigenvalue weighted by Gasteiger charge is -2.27. The number of H-pyrrole nitrogens is 1. The van der Waals surface area contributed by atoms with Crippen molar-refractivity contribution in [2.45, 2.75) is 63.7 Å². The molecule has 1 saturated heterocycles. The minimum atomic E-state index is -1.26. The van der Waals surface area contributed by atoms with E-state index in [4.69, 9.17) is 0 Å². The van der Waals surface area contributed by atoms with Gasteiger partial charge < -0.3 is 36.5 Å². The Morgan fingerprint density at radius 1 is 1.03 bits per heavy atom. The number of hydrogen-bond acceptors (Lipinski definition) is 7. The van der Waals surface area contributed by atoms with E-state index in [0.29, 0.717) is 17.7 Å². The fourth-order valence-corrected chi connectivity index (χ4v) is 4.12. The summed E-state index contributed by atoms with van der Waals surface area (Å²) in [6, 6.07) is 2.45. The molecule has 2 aromatic rings. The van der Waals surface area contributed by atoms with Gasteiger partial charge in [-0.1, -0.05) is 26.0 Å². The van der Waals surface area contributed by atoms with Gasteiger partial charge in [0.25, 0.3) is 0 Å². The van der Waals surface area contributed by atoms with Crippen LogP contribution in [0.4, 0.5) is 0 Å². The van der Waals surface area contributed by atoms with E-state index in [1.54, 1.807) is 26.0 Å². The number of phenolic OH excluding ortho intramolecular Hbond substituents is 1. The highest BCUT2D eigenvalue weighted by Crippen LogP contribution is 2.13. The van der Waals surface area contributed by atoms with Crippen molar-refractivity contribution in [3.8, 4) is 5.75 Å². The molecule has 4 unspecified atom stereocenters. The lowest BCUT2D eigenvalue weighted by atomic mass is 10.00. The highest BCUT2D eigenvalue weighted by molar-refractivity contribution is 5.94. The number of phenols is 1. The minimum Gasteiger partial charge on any atom is -0.508 e. The standard InChI is InChI=1S/C25H34N6O6/c1-14(2)21(31-22(33)18-4-3-9-27-18)24(35)29-19(10-15-5-7-17(32)8-6-15)23(34)30-20(25(36)37)11-16-12-26-13-28-16/h5-8,12-14,18-21,27,32H,3-4,9-11H2,1-2H3,(H,26,28)(H,29,35)(H,30,34)(H,31,33)(H,36,37). The van der Waals surface area contributed by atoms with E-state index in [-0.39, 0.29) is 36.5 Å². The topological polar surface area (TPSA) is 186 Å². The molecule has 1 aromatic heterocycles. The van der Waals surface area contributed by atoms with Gasteiger partial charge in [-0.15, -0.1) is 0 Å². The van der Waals surface area contributed by atoms with E-state index in [1.165, 1.54) is 24.7 Å². The van der Waals surface area contributed by atoms with Crippen molar-refractivity contribution in [2.24, 2.45) is 5.92 Å². The normalized spacial score (nSPS) is 17.5. The molecule has 0 bridgehead atoms. The lowest BCUT2D eigenvalue weighted by Crippen LogP contribution is -2.59. The van der Waals surface area contributed by atoms with Crippen LogP contribution in [-0.4, -0.2) is 74.6 Å². The average molecular weight is 515 g/mol. The number of aromatic hydroxyl groups is 1. The summed E-state index contributed by atoms with van der Waals surface area (Å²) in [5.41, 5.74) is 1.16. The van der Waals surface area contributed by atoms with E-state index in [2.05, 4.69) is 31.2 Å². The van der Waals surface area contributed by atoms with Crippen LogP contribution in [0.1, 0.15) is 37.9 Å². The number of carboxylic acids is 1. The van der Waals surface area contributed by atoms with Gasteiger partial charge in [-0.05, 0) is 43.0 Å². The molecule has 7 N–H and O–H groups in total. The van der Waals surface area contributed by atoms with Gasteiger partial charge in [-0.3, -0.25) is 14.4 Å². The van der Waals surface area contributed by atoms with Gasteiger partial charge in [0.15, 0.2) is 0 Å². The van der Waals surface area contributed by atoms with Gasteiger partial charge >= 0.3 is 5.97 Å². The Balaban J connectivity index is 1.76. The number of hydrogen-bond donors (Lipinski definition) is 7. The van der Waals surface area contributed by atoms with Crippen LogP contribution >= 0.6 is 0 Å². The minimum absolute atomic E-state index is 0.0278. The number of carbonyl (C=O) groups excluding carboxylic acids is 3. The Labute approximate surface area is 214 Å². The SMILES string of the molecule is CC(C)C(NC(=O)C1CCCN1)C(=O)NC(Cc1ccc(O)cc1)C(=O)NC(Cc1cnc[nH]1)C(=O)O. The maximum atomic E-state index is 13.3. The molecule has 200 valence electrons. The zero-order chi connectivity index (χ0) is 26.9. The molecular formula is C25H34N6O6. The summed E-state index contributed by atoms with van der Waals surface area (Å²) in [4.78, 5) is 57.7. The lowest BCUT2D eigenvalue weighted by molar-refractivity contribution is -0.142. The molecule has 0 radical (unpaired) electrons. The first kappa shape index (κ1) is 27.7. The molecule has 12 heteroatoms. The summed E-state index contributed by atoms with van der Waals surface area (Å²) in [6.45, 7) is 4.30. The number of nitrogens with zero attached hydrogens (tertiary/aromatic N) is 1. The molecule has 4 atom stereocenters. The highest BCUT2D eigenvalue weighted by atomic mass is 16.4. The average Bonchev–Trinajstić information content (AvgIpc) is 3.57. The first-order valence-corrected chi connectivity index (χ1v) is 12.3. The maximum absolute atomic E-state index is 13.3. The van der Waals surface area contributed by atoms with Gasteiger partial charge in [-0.25, -0.2) is 9.78 Å². The van der Waals surface area contributed by atoms with E-state index >= 15 is 0 Å². The molecule has 2 heterocycles. The first-order valence-electron chi connectivity index (χ1n) is 12.3. The summed E-state index contributed by atoms with van der Waals surface area (Å²) < 4.78 is 0. The molecule has 3 amide bonds. The highest BCUT2D eigenvalue weighted by Gasteiger charge is 2.33. The molecule has 0 spiro atoms. The van der Waals surface area contributed by atoms with E-state index in [1.807, 2.05) is 0 Å². The number of carbonyl (C=O) groups is 4.